The van der Waals surface area contributed by atoms with Crippen LogP contribution in [0.2, 0.25) is 0 Å². The van der Waals surface area contributed by atoms with Gasteiger partial charge < -0.3 is 9.32 Å². The Morgan fingerprint density at radius 2 is 2.19 bits per heavy atom. The SMILES string of the molecule is Cc1ccc(C2CC(C)CCN2c2ccc(C#N)cn2)o1. The number of nitriles is 1. The summed E-state index contributed by atoms with van der Waals surface area (Å²) in [6.07, 6.45) is 3.85. The Labute approximate surface area is 125 Å². The Morgan fingerprint density at radius 3 is 2.81 bits per heavy atom. The zero-order valence-electron chi connectivity index (χ0n) is 12.4. The molecule has 2 atom stereocenters. The highest BCUT2D eigenvalue weighted by molar-refractivity contribution is 5.44. The van der Waals surface area contributed by atoms with Crippen LogP contribution in [-0.2, 0) is 0 Å². The highest BCUT2D eigenvalue weighted by Gasteiger charge is 2.30. The molecule has 3 heterocycles. The molecule has 0 radical (unpaired) electrons. The van der Waals surface area contributed by atoms with Gasteiger partial charge in [0.15, 0.2) is 0 Å². The molecule has 0 spiro atoms. The average molecular weight is 281 g/mol. The van der Waals surface area contributed by atoms with Crippen molar-refractivity contribution in [1.29, 1.82) is 5.26 Å². The average Bonchev–Trinajstić information content (AvgIpc) is 2.94. The van der Waals surface area contributed by atoms with E-state index in [1.165, 1.54) is 0 Å². The van der Waals surface area contributed by atoms with Crippen molar-refractivity contribution in [3.63, 3.8) is 0 Å². The number of anilines is 1. The lowest BCUT2D eigenvalue weighted by Gasteiger charge is -2.38. The maximum absolute atomic E-state index is 8.89. The number of aryl methyl sites for hydroxylation is 1. The van der Waals surface area contributed by atoms with Crippen LogP contribution >= 0.6 is 0 Å². The van der Waals surface area contributed by atoms with Gasteiger partial charge in [0.2, 0.25) is 0 Å². The molecule has 0 aliphatic carbocycles. The Morgan fingerprint density at radius 1 is 1.33 bits per heavy atom. The first kappa shape index (κ1) is 13.7. The summed E-state index contributed by atoms with van der Waals surface area (Å²) in [7, 11) is 0. The quantitative estimate of drug-likeness (QED) is 0.839. The van der Waals surface area contributed by atoms with Crippen molar-refractivity contribution in [3.8, 4) is 6.07 Å². The molecule has 3 rings (SSSR count). The van der Waals surface area contributed by atoms with Crippen LogP contribution in [0.25, 0.3) is 0 Å². The highest BCUT2D eigenvalue weighted by Crippen LogP contribution is 2.37. The van der Waals surface area contributed by atoms with E-state index in [1.54, 1.807) is 6.20 Å². The summed E-state index contributed by atoms with van der Waals surface area (Å²) in [6, 6.07) is 10.2. The van der Waals surface area contributed by atoms with Crippen molar-refractivity contribution in [2.24, 2.45) is 5.92 Å². The van der Waals surface area contributed by atoms with Gasteiger partial charge in [-0.1, -0.05) is 6.92 Å². The third kappa shape index (κ3) is 2.78. The molecule has 0 saturated carbocycles. The van der Waals surface area contributed by atoms with Crippen LogP contribution in [0.15, 0.2) is 34.9 Å². The third-order valence-electron chi connectivity index (χ3n) is 4.13. The second-order valence-electron chi connectivity index (χ2n) is 5.80. The molecule has 21 heavy (non-hydrogen) atoms. The van der Waals surface area contributed by atoms with Gasteiger partial charge in [0.05, 0.1) is 11.6 Å². The molecule has 1 aliphatic rings. The molecule has 1 fully saturated rings. The first-order valence-corrected chi connectivity index (χ1v) is 7.36. The Kier molecular flexibility index (Phi) is 3.66. The molecule has 0 aromatic carbocycles. The second kappa shape index (κ2) is 5.61. The van der Waals surface area contributed by atoms with E-state index in [4.69, 9.17) is 9.68 Å². The zero-order valence-corrected chi connectivity index (χ0v) is 12.4. The lowest BCUT2D eigenvalue weighted by Crippen LogP contribution is -2.36. The fourth-order valence-electron chi connectivity index (χ4n) is 2.94. The molecule has 1 saturated heterocycles. The van der Waals surface area contributed by atoms with E-state index in [0.717, 1.165) is 36.7 Å². The number of nitrogens with zero attached hydrogens (tertiary/aromatic N) is 3. The number of aromatic nitrogens is 1. The minimum Gasteiger partial charge on any atom is -0.464 e. The first-order chi connectivity index (χ1) is 10.2. The van der Waals surface area contributed by atoms with Gasteiger partial charge in [0.25, 0.3) is 0 Å². The zero-order chi connectivity index (χ0) is 14.8. The Balaban J connectivity index is 1.91. The van der Waals surface area contributed by atoms with Gasteiger partial charge in [0, 0.05) is 12.7 Å². The van der Waals surface area contributed by atoms with Crippen LogP contribution < -0.4 is 4.90 Å². The number of pyridine rings is 1. The van der Waals surface area contributed by atoms with E-state index < -0.39 is 0 Å². The number of hydrogen-bond acceptors (Lipinski definition) is 4. The molecule has 0 amide bonds. The van der Waals surface area contributed by atoms with Gasteiger partial charge in [-0.2, -0.15) is 5.26 Å². The summed E-state index contributed by atoms with van der Waals surface area (Å²) in [5.41, 5.74) is 0.592. The number of furan rings is 1. The van der Waals surface area contributed by atoms with E-state index in [-0.39, 0.29) is 6.04 Å². The second-order valence-corrected chi connectivity index (χ2v) is 5.80. The standard InChI is InChI=1S/C17H19N3O/c1-12-7-8-20(17-6-4-14(10-18)11-19-17)15(9-12)16-5-3-13(2)21-16/h3-6,11-12,15H,7-9H2,1-2H3. The van der Waals surface area contributed by atoms with E-state index in [1.807, 2.05) is 25.1 Å². The summed E-state index contributed by atoms with van der Waals surface area (Å²) in [4.78, 5) is 6.73. The Hall–Kier alpha value is -2.28. The minimum atomic E-state index is 0.225. The van der Waals surface area contributed by atoms with Crippen LogP contribution in [0.3, 0.4) is 0 Å². The van der Waals surface area contributed by atoms with Crippen molar-refractivity contribution in [1.82, 2.24) is 4.98 Å². The third-order valence-corrected chi connectivity index (χ3v) is 4.13. The molecule has 0 N–H and O–H groups in total. The molecule has 0 bridgehead atoms. The molecular formula is C17H19N3O. The lowest BCUT2D eigenvalue weighted by molar-refractivity contribution is 0.323. The van der Waals surface area contributed by atoms with Gasteiger partial charge in [-0.05, 0) is 49.9 Å². The summed E-state index contributed by atoms with van der Waals surface area (Å²) in [5.74, 6) is 3.54. The van der Waals surface area contributed by atoms with E-state index in [0.29, 0.717) is 11.5 Å². The van der Waals surface area contributed by atoms with Crippen LogP contribution in [0.4, 0.5) is 5.82 Å². The fourth-order valence-corrected chi connectivity index (χ4v) is 2.94. The molecule has 108 valence electrons. The van der Waals surface area contributed by atoms with Crippen molar-refractivity contribution >= 4 is 5.82 Å². The first-order valence-electron chi connectivity index (χ1n) is 7.36. The molecular weight excluding hydrogens is 262 g/mol. The van der Waals surface area contributed by atoms with Crippen LogP contribution in [0.1, 0.15) is 42.9 Å². The van der Waals surface area contributed by atoms with Crippen LogP contribution in [-0.4, -0.2) is 11.5 Å². The number of hydrogen-bond donors (Lipinski definition) is 0. The molecule has 2 unspecified atom stereocenters. The van der Waals surface area contributed by atoms with Crippen LogP contribution in [0, 0.1) is 24.2 Å². The largest absolute Gasteiger partial charge is 0.464 e. The molecule has 2 aromatic rings. The number of piperidine rings is 1. The molecule has 4 heteroatoms. The fraction of sp³-hybridized carbons (Fsp3) is 0.412. The van der Waals surface area contributed by atoms with E-state index in [2.05, 4.69) is 28.9 Å². The summed E-state index contributed by atoms with van der Waals surface area (Å²) < 4.78 is 5.85. The van der Waals surface area contributed by atoms with Gasteiger partial charge >= 0.3 is 0 Å². The smallest absolute Gasteiger partial charge is 0.129 e. The molecule has 1 aliphatic heterocycles. The topological polar surface area (TPSA) is 53.1 Å². The van der Waals surface area contributed by atoms with Crippen molar-refractivity contribution in [2.75, 3.05) is 11.4 Å². The van der Waals surface area contributed by atoms with Crippen molar-refractivity contribution in [3.05, 3.63) is 47.5 Å². The summed E-state index contributed by atoms with van der Waals surface area (Å²) in [6.45, 7) is 5.22. The maximum Gasteiger partial charge on any atom is 0.129 e. The van der Waals surface area contributed by atoms with Crippen molar-refractivity contribution in [2.45, 2.75) is 32.7 Å². The van der Waals surface area contributed by atoms with E-state index in [9.17, 15) is 0 Å². The van der Waals surface area contributed by atoms with Gasteiger partial charge in [-0.3, -0.25) is 0 Å². The maximum atomic E-state index is 8.89. The van der Waals surface area contributed by atoms with E-state index >= 15 is 0 Å². The summed E-state index contributed by atoms with van der Waals surface area (Å²) >= 11 is 0. The molecule has 2 aromatic heterocycles. The highest BCUT2D eigenvalue weighted by atomic mass is 16.3. The Bertz CT molecular complexity index is 653. The van der Waals surface area contributed by atoms with Crippen LogP contribution in [0.5, 0.6) is 0 Å². The summed E-state index contributed by atoms with van der Waals surface area (Å²) in [5, 5.41) is 8.89. The molecule has 4 nitrogen and oxygen atoms in total. The normalized spacial score (nSPS) is 22.0. The monoisotopic (exact) mass is 281 g/mol. The predicted octanol–water partition coefficient (Wildman–Crippen LogP) is 3.83. The number of rotatable bonds is 2. The van der Waals surface area contributed by atoms with Gasteiger partial charge in [-0.15, -0.1) is 0 Å². The van der Waals surface area contributed by atoms with Gasteiger partial charge in [-0.25, -0.2) is 4.98 Å². The van der Waals surface area contributed by atoms with Gasteiger partial charge in [0.1, 0.15) is 23.4 Å². The van der Waals surface area contributed by atoms with Crippen molar-refractivity contribution < 1.29 is 4.42 Å². The lowest BCUT2D eigenvalue weighted by atomic mass is 9.91. The minimum absolute atomic E-state index is 0.225. The predicted molar refractivity (Wildman–Crippen MR) is 80.9 cm³/mol.